The van der Waals surface area contributed by atoms with Crippen LogP contribution in [0.5, 0.6) is 0 Å². The van der Waals surface area contributed by atoms with E-state index >= 15 is 0 Å². The van der Waals surface area contributed by atoms with Gasteiger partial charge in [0, 0.05) is 24.9 Å². The van der Waals surface area contributed by atoms with Gasteiger partial charge in [0.25, 0.3) is 0 Å². The summed E-state index contributed by atoms with van der Waals surface area (Å²) in [6, 6.07) is 0. The molecule has 0 heterocycles. The van der Waals surface area contributed by atoms with Crippen molar-refractivity contribution in [3.05, 3.63) is 0 Å². The normalized spacial score (nSPS) is 12.7. The molecular formula is C11H24N2OS. The number of thioether (sulfide) groups is 1. The Morgan fingerprint density at radius 3 is 2.13 bits per heavy atom. The smallest absolute Gasteiger partial charge is 0.229 e. The maximum absolute atomic E-state index is 12.2. The average Bonchev–Trinajstić information content (AvgIpc) is 2.10. The molecule has 0 spiro atoms. The molecule has 0 bridgehead atoms. The van der Waals surface area contributed by atoms with Crippen molar-refractivity contribution in [2.45, 2.75) is 33.2 Å². The van der Waals surface area contributed by atoms with Crippen molar-refractivity contribution < 1.29 is 4.79 Å². The molecule has 0 aromatic rings. The minimum Gasteiger partial charge on any atom is -0.344 e. The Morgan fingerprint density at radius 2 is 1.80 bits per heavy atom. The van der Waals surface area contributed by atoms with Crippen molar-refractivity contribution in [1.82, 2.24) is 4.90 Å². The fourth-order valence-electron chi connectivity index (χ4n) is 1.08. The molecule has 90 valence electrons. The first-order valence-corrected chi connectivity index (χ1v) is 6.57. The van der Waals surface area contributed by atoms with Crippen molar-refractivity contribution >= 4 is 17.7 Å². The summed E-state index contributed by atoms with van der Waals surface area (Å²) in [6.45, 7) is 8.38. The number of carbonyl (C=O) groups is 1. The maximum Gasteiger partial charge on any atom is 0.229 e. The monoisotopic (exact) mass is 232 g/mol. The quantitative estimate of drug-likeness (QED) is 0.782. The van der Waals surface area contributed by atoms with Crippen molar-refractivity contribution in [2.24, 2.45) is 11.1 Å². The highest BCUT2D eigenvalue weighted by Gasteiger charge is 2.41. The zero-order valence-corrected chi connectivity index (χ0v) is 11.6. The Kier molecular flexibility index (Phi) is 5.14. The summed E-state index contributed by atoms with van der Waals surface area (Å²) in [5, 5.41) is 0. The molecule has 15 heavy (non-hydrogen) atoms. The van der Waals surface area contributed by atoms with Crippen molar-refractivity contribution in [3.63, 3.8) is 0 Å². The molecule has 0 atom stereocenters. The van der Waals surface area contributed by atoms with Gasteiger partial charge in [-0.2, -0.15) is 11.8 Å². The van der Waals surface area contributed by atoms with Gasteiger partial charge in [0.2, 0.25) is 5.91 Å². The minimum atomic E-state index is -0.528. The lowest BCUT2D eigenvalue weighted by molar-refractivity contribution is -0.141. The van der Waals surface area contributed by atoms with Crippen LogP contribution in [0, 0.1) is 5.41 Å². The second kappa shape index (κ2) is 5.21. The van der Waals surface area contributed by atoms with Crippen LogP contribution in [0.4, 0.5) is 0 Å². The molecule has 0 saturated heterocycles. The molecule has 0 rings (SSSR count). The first-order valence-electron chi connectivity index (χ1n) is 5.18. The fraction of sp³-hybridized carbons (Fsp3) is 0.909. The van der Waals surface area contributed by atoms with E-state index in [-0.39, 0.29) is 5.91 Å². The molecule has 0 aliphatic heterocycles. The van der Waals surface area contributed by atoms with Crippen LogP contribution in [0.2, 0.25) is 0 Å². The Labute approximate surface area is 97.8 Å². The molecule has 0 fully saturated rings. The van der Waals surface area contributed by atoms with Gasteiger partial charge in [-0.25, -0.2) is 0 Å². The summed E-state index contributed by atoms with van der Waals surface area (Å²) in [5.74, 6) is 1.08. The lowest BCUT2D eigenvalue weighted by Crippen LogP contribution is -2.56. The zero-order valence-electron chi connectivity index (χ0n) is 10.8. The van der Waals surface area contributed by atoms with Crippen LogP contribution in [0.1, 0.15) is 27.7 Å². The SMILES string of the molecule is CSCCN(C)C(=O)C(C)(C)C(C)(C)N. The third kappa shape index (κ3) is 3.68. The fourth-order valence-corrected chi connectivity index (χ4v) is 1.54. The molecule has 4 heteroatoms. The van der Waals surface area contributed by atoms with Crippen molar-refractivity contribution in [3.8, 4) is 0 Å². The van der Waals surface area contributed by atoms with Gasteiger partial charge < -0.3 is 10.6 Å². The summed E-state index contributed by atoms with van der Waals surface area (Å²) < 4.78 is 0. The molecule has 3 nitrogen and oxygen atoms in total. The standard InChI is InChI=1S/C11H24N2OS/c1-10(2,11(3,4)12)9(14)13(5)7-8-15-6/h7-8,12H2,1-6H3. The topological polar surface area (TPSA) is 46.3 Å². The molecule has 2 N–H and O–H groups in total. The van der Waals surface area contributed by atoms with Gasteiger partial charge in [-0.3, -0.25) is 4.79 Å². The summed E-state index contributed by atoms with van der Waals surface area (Å²) >= 11 is 1.74. The Bertz CT molecular complexity index is 221. The number of amides is 1. The molecule has 0 aliphatic carbocycles. The van der Waals surface area contributed by atoms with E-state index in [0.717, 1.165) is 12.3 Å². The summed E-state index contributed by atoms with van der Waals surface area (Å²) in [4.78, 5) is 13.9. The minimum absolute atomic E-state index is 0.115. The van der Waals surface area contributed by atoms with Gasteiger partial charge in [0.1, 0.15) is 0 Å². The van der Waals surface area contributed by atoms with Gasteiger partial charge in [0.05, 0.1) is 5.41 Å². The molecule has 0 aliphatic rings. The average molecular weight is 232 g/mol. The predicted octanol–water partition coefficient (Wildman–Crippen LogP) is 1.57. The molecule has 0 aromatic carbocycles. The Morgan fingerprint density at radius 1 is 1.33 bits per heavy atom. The lowest BCUT2D eigenvalue weighted by atomic mass is 9.74. The lowest BCUT2D eigenvalue weighted by Gasteiger charge is -2.39. The van der Waals surface area contributed by atoms with E-state index in [4.69, 9.17) is 5.73 Å². The number of hydrogen-bond donors (Lipinski definition) is 1. The molecule has 0 saturated carbocycles. The van der Waals surface area contributed by atoms with E-state index < -0.39 is 11.0 Å². The second-order valence-corrected chi connectivity index (χ2v) is 6.05. The molecule has 1 amide bonds. The summed E-state index contributed by atoms with van der Waals surface area (Å²) in [5.41, 5.74) is 5.00. The highest BCUT2D eigenvalue weighted by molar-refractivity contribution is 7.98. The molecule has 0 aromatic heterocycles. The van der Waals surface area contributed by atoms with E-state index in [1.54, 1.807) is 16.7 Å². The predicted molar refractivity (Wildman–Crippen MR) is 68.1 cm³/mol. The van der Waals surface area contributed by atoms with E-state index in [1.807, 2.05) is 41.0 Å². The van der Waals surface area contributed by atoms with Gasteiger partial charge in [0.15, 0.2) is 0 Å². The number of rotatable bonds is 5. The van der Waals surface area contributed by atoms with Gasteiger partial charge in [-0.05, 0) is 34.0 Å². The van der Waals surface area contributed by atoms with E-state index in [9.17, 15) is 4.79 Å². The van der Waals surface area contributed by atoms with Crippen molar-refractivity contribution in [1.29, 1.82) is 0 Å². The molecule has 0 unspecified atom stereocenters. The number of nitrogens with two attached hydrogens (primary N) is 1. The van der Waals surface area contributed by atoms with Crippen LogP contribution in [0.15, 0.2) is 0 Å². The second-order valence-electron chi connectivity index (χ2n) is 5.07. The van der Waals surface area contributed by atoms with Crippen LogP contribution >= 0.6 is 11.8 Å². The van der Waals surface area contributed by atoms with Crippen LogP contribution < -0.4 is 5.73 Å². The van der Waals surface area contributed by atoms with E-state index in [2.05, 4.69) is 0 Å². The maximum atomic E-state index is 12.2. The first-order chi connectivity index (χ1) is 6.64. The number of carbonyl (C=O) groups excluding carboxylic acids is 1. The van der Waals surface area contributed by atoms with Crippen LogP contribution in [0.25, 0.3) is 0 Å². The van der Waals surface area contributed by atoms with Crippen LogP contribution in [-0.2, 0) is 4.79 Å². The van der Waals surface area contributed by atoms with E-state index in [1.165, 1.54) is 0 Å². The summed E-state index contributed by atoms with van der Waals surface area (Å²) in [7, 11) is 1.84. The first kappa shape index (κ1) is 14.8. The van der Waals surface area contributed by atoms with Crippen molar-refractivity contribution in [2.75, 3.05) is 25.6 Å². The molecular weight excluding hydrogens is 208 g/mol. The zero-order chi connectivity index (χ0) is 12.3. The summed E-state index contributed by atoms with van der Waals surface area (Å²) in [6.07, 6.45) is 2.04. The largest absolute Gasteiger partial charge is 0.344 e. The highest BCUT2D eigenvalue weighted by Crippen LogP contribution is 2.30. The third-order valence-corrected chi connectivity index (χ3v) is 3.71. The number of nitrogens with zero attached hydrogens (tertiary/aromatic N) is 1. The van der Waals surface area contributed by atoms with Crippen LogP contribution in [0.3, 0.4) is 0 Å². The Balaban J connectivity index is 4.56. The van der Waals surface area contributed by atoms with Gasteiger partial charge in [-0.1, -0.05) is 0 Å². The Hall–Kier alpha value is -0.220. The molecule has 0 radical (unpaired) electrons. The number of hydrogen-bond acceptors (Lipinski definition) is 3. The highest BCUT2D eigenvalue weighted by atomic mass is 32.2. The van der Waals surface area contributed by atoms with E-state index in [0.29, 0.717) is 0 Å². The van der Waals surface area contributed by atoms with Gasteiger partial charge in [-0.15, -0.1) is 0 Å². The van der Waals surface area contributed by atoms with Gasteiger partial charge >= 0.3 is 0 Å². The third-order valence-electron chi connectivity index (χ3n) is 3.12. The van der Waals surface area contributed by atoms with Crippen LogP contribution in [-0.4, -0.2) is 41.9 Å².